The second-order valence-corrected chi connectivity index (χ2v) is 9.13. The molecule has 4 N–H and O–H groups in total. The second kappa shape index (κ2) is 12.0. The van der Waals surface area contributed by atoms with Crippen molar-refractivity contribution in [2.24, 2.45) is 5.73 Å². The molecule has 0 amide bonds. The van der Waals surface area contributed by atoms with Crippen LogP contribution in [-0.4, -0.2) is 17.7 Å². The van der Waals surface area contributed by atoms with Gasteiger partial charge in [-0.05, 0) is 36.5 Å². The molecule has 0 radical (unpaired) electrons. The topological polar surface area (TPSA) is 95.4 Å². The van der Waals surface area contributed by atoms with Crippen LogP contribution in [0.15, 0.2) is 42.5 Å². The first-order valence-corrected chi connectivity index (χ1v) is 12.5. The van der Waals surface area contributed by atoms with Gasteiger partial charge in [0.05, 0.1) is 6.04 Å². The molecule has 5 heteroatoms. The molecular formula is C28H38N2O3. The normalized spacial score (nSPS) is 18.8. The van der Waals surface area contributed by atoms with Crippen molar-refractivity contribution in [2.75, 3.05) is 5.73 Å². The second-order valence-electron chi connectivity index (χ2n) is 9.13. The molecule has 1 aliphatic carbocycles. The van der Waals surface area contributed by atoms with Crippen LogP contribution < -0.4 is 16.2 Å². The lowest BCUT2D eigenvalue weighted by molar-refractivity contribution is -0.125. The van der Waals surface area contributed by atoms with Gasteiger partial charge in [-0.3, -0.25) is 9.59 Å². The van der Waals surface area contributed by atoms with Gasteiger partial charge in [0, 0.05) is 16.8 Å². The van der Waals surface area contributed by atoms with Crippen molar-refractivity contribution >= 4 is 17.3 Å². The van der Waals surface area contributed by atoms with Crippen LogP contribution >= 0.6 is 0 Å². The molecule has 2 aromatic rings. The fourth-order valence-corrected chi connectivity index (χ4v) is 4.86. The third kappa shape index (κ3) is 5.83. The number of carbonyl (C=O) groups excluding carboxylic acids is 2. The van der Waals surface area contributed by atoms with Crippen molar-refractivity contribution < 1.29 is 14.3 Å². The average molecular weight is 451 g/mol. The van der Waals surface area contributed by atoms with E-state index in [2.05, 4.69) is 19.9 Å². The number of ketones is 2. The van der Waals surface area contributed by atoms with Crippen LogP contribution in [0.4, 0.5) is 5.69 Å². The maximum atomic E-state index is 13.2. The number of unbranched alkanes of at least 4 members (excludes halogenated alkanes) is 5. The molecule has 0 fully saturated rings. The third-order valence-electron chi connectivity index (χ3n) is 6.67. The summed E-state index contributed by atoms with van der Waals surface area (Å²) in [5.41, 5.74) is 14.4. The van der Waals surface area contributed by atoms with Crippen LogP contribution in [0.1, 0.15) is 105 Å². The predicted molar refractivity (Wildman–Crippen MR) is 134 cm³/mol. The summed E-state index contributed by atoms with van der Waals surface area (Å²) >= 11 is 0. The summed E-state index contributed by atoms with van der Waals surface area (Å²) in [4.78, 5) is 26.2. The van der Waals surface area contributed by atoms with Gasteiger partial charge in [-0.15, -0.1) is 0 Å². The predicted octanol–water partition coefficient (Wildman–Crippen LogP) is 6.12. The number of nitrogens with two attached hydrogens (primary N) is 2. The average Bonchev–Trinajstić information content (AvgIpc) is 2.82. The molecule has 33 heavy (non-hydrogen) atoms. The Labute approximate surface area is 197 Å². The Morgan fingerprint density at radius 1 is 0.879 bits per heavy atom. The van der Waals surface area contributed by atoms with Gasteiger partial charge >= 0.3 is 0 Å². The number of hydrogen-bond acceptors (Lipinski definition) is 5. The third-order valence-corrected chi connectivity index (χ3v) is 6.67. The zero-order valence-corrected chi connectivity index (χ0v) is 20.0. The van der Waals surface area contributed by atoms with Gasteiger partial charge in [-0.25, -0.2) is 0 Å². The van der Waals surface area contributed by atoms with E-state index in [1.165, 1.54) is 38.5 Å². The largest absolute Gasteiger partial charge is 0.474 e. The zero-order chi connectivity index (χ0) is 23.8. The number of para-hydroxylation sites is 1. The highest BCUT2D eigenvalue weighted by Gasteiger charge is 2.42. The fraction of sp³-hybridized carbons (Fsp3) is 0.500. The molecule has 1 aliphatic rings. The Morgan fingerprint density at radius 2 is 1.61 bits per heavy atom. The van der Waals surface area contributed by atoms with E-state index in [0.717, 1.165) is 24.8 Å². The molecule has 0 spiro atoms. The van der Waals surface area contributed by atoms with Crippen LogP contribution in [0.5, 0.6) is 5.75 Å². The summed E-state index contributed by atoms with van der Waals surface area (Å²) in [5, 5.41) is 0. The highest BCUT2D eigenvalue weighted by atomic mass is 16.5. The SMILES string of the molecule is CCCCCCCCC(CCC)c1ccccc1OC1C(=O)c2cccc(N)c2C(N)C1=O. The quantitative estimate of drug-likeness (QED) is 0.231. The summed E-state index contributed by atoms with van der Waals surface area (Å²) in [6.07, 6.45) is 9.46. The highest BCUT2D eigenvalue weighted by molar-refractivity contribution is 6.20. The van der Waals surface area contributed by atoms with E-state index in [4.69, 9.17) is 16.2 Å². The Balaban J connectivity index is 1.79. The summed E-state index contributed by atoms with van der Waals surface area (Å²) in [6, 6.07) is 11.9. The minimum absolute atomic E-state index is 0.336. The lowest BCUT2D eigenvalue weighted by atomic mass is 9.83. The van der Waals surface area contributed by atoms with Gasteiger partial charge in [0.25, 0.3) is 0 Å². The molecule has 0 saturated heterocycles. The molecule has 3 rings (SSSR count). The van der Waals surface area contributed by atoms with Gasteiger partial charge in [-0.2, -0.15) is 0 Å². The molecule has 0 aromatic heterocycles. The molecule has 0 bridgehead atoms. The van der Waals surface area contributed by atoms with Gasteiger partial charge in [-0.1, -0.05) is 89.1 Å². The van der Waals surface area contributed by atoms with Gasteiger partial charge in [0.2, 0.25) is 17.7 Å². The van der Waals surface area contributed by atoms with Crippen molar-refractivity contribution in [1.29, 1.82) is 0 Å². The number of ether oxygens (including phenoxy) is 1. The first kappa shape index (κ1) is 25.0. The summed E-state index contributed by atoms with van der Waals surface area (Å²) in [5.74, 6) is 0.126. The fourth-order valence-electron chi connectivity index (χ4n) is 4.86. The van der Waals surface area contributed by atoms with Crippen molar-refractivity contribution in [3.63, 3.8) is 0 Å². The Kier molecular flexibility index (Phi) is 9.07. The highest BCUT2D eigenvalue weighted by Crippen LogP contribution is 2.37. The molecule has 3 unspecified atom stereocenters. The van der Waals surface area contributed by atoms with E-state index in [0.29, 0.717) is 28.5 Å². The van der Waals surface area contributed by atoms with Crippen molar-refractivity contribution in [2.45, 2.75) is 89.7 Å². The van der Waals surface area contributed by atoms with E-state index >= 15 is 0 Å². The van der Waals surface area contributed by atoms with Crippen LogP contribution in [0.2, 0.25) is 0 Å². The van der Waals surface area contributed by atoms with Gasteiger partial charge < -0.3 is 16.2 Å². The van der Waals surface area contributed by atoms with Crippen LogP contribution in [0.3, 0.4) is 0 Å². The standard InChI is InChI=1S/C28H38N2O3/c1-3-5-6-7-8-9-14-19(13-4-2)20-15-10-11-18-23(20)33-28-26(31)21-16-12-17-22(29)24(21)25(30)27(28)32/h10-12,15-19,25,28H,3-9,13-14,29-30H2,1-2H3. The summed E-state index contributed by atoms with van der Waals surface area (Å²) < 4.78 is 6.14. The van der Waals surface area contributed by atoms with E-state index in [1.807, 2.05) is 18.2 Å². The van der Waals surface area contributed by atoms with Crippen LogP contribution in [0, 0.1) is 0 Å². The number of nitrogen functional groups attached to an aromatic ring is 1. The van der Waals surface area contributed by atoms with Gasteiger partial charge in [0.1, 0.15) is 5.75 Å². The van der Waals surface area contributed by atoms with E-state index in [9.17, 15) is 9.59 Å². The molecule has 178 valence electrons. The molecule has 3 atom stereocenters. The summed E-state index contributed by atoms with van der Waals surface area (Å²) in [6.45, 7) is 4.42. The Morgan fingerprint density at radius 3 is 2.36 bits per heavy atom. The minimum Gasteiger partial charge on any atom is -0.474 e. The number of anilines is 1. The molecular weight excluding hydrogens is 412 g/mol. The van der Waals surface area contributed by atoms with Crippen molar-refractivity contribution in [1.82, 2.24) is 0 Å². The minimum atomic E-state index is -1.24. The van der Waals surface area contributed by atoms with Gasteiger partial charge in [0.15, 0.2) is 0 Å². The smallest absolute Gasteiger partial charge is 0.221 e. The number of fused-ring (bicyclic) bond motifs is 1. The van der Waals surface area contributed by atoms with E-state index < -0.39 is 17.9 Å². The Bertz CT molecular complexity index is 956. The lowest BCUT2D eigenvalue weighted by Crippen LogP contribution is -2.46. The molecule has 5 nitrogen and oxygen atoms in total. The number of rotatable bonds is 12. The summed E-state index contributed by atoms with van der Waals surface area (Å²) in [7, 11) is 0. The zero-order valence-electron chi connectivity index (χ0n) is 20.0. The Hall–Kier alpha value is -2.66. The van der Waals surface area contributed by atoms with Crippen LogP contribution in [0.25, 0.3) is 0 Å². The number of carbonyl (C=O) groups is 2. The maximum absolute atomic E-state index is 13.2. The molecule has 0 heterocycles. The lowest BCUT2D eigenvalue weighted by Gasteiger charge is -2.29. The number of benzene rings is 2. The number of Topliss-reactive ketones (excluding diaryl/α,β-unsaturated/α-hetero) is 2. The molecule has 0 saturated carbocycles. The van der Waals surface area contributed by atoms with Crippen molar-refractivity contribution in [3.05, 3.63) is 59.2 Å². The number of hydrogen-bond donors (Lipinski definition) is 2. The van der Waals surface area contributed by atoms with E-state index in [-0.39, 0.29) is 5.78 Å². The first-order valence-electron chi connectivity index (χ1n) is 12.5. The van der Waals surface area contributed by atoms with Crippen LogP contribution in [-0.2, 0) is 4.79 Å². The maximum Gasteiger partial charge on any atom is 0.221 e. The molecule has 2 aromatic carbocycles. The van der Waals surface area contributed by atoms with E-state index in [1.54, 1.807) is 18.2 Å². The molecule has 0 aliphatic heterocycles. The first-order chi connectivity index (χ1) is 16.0. The van der Waals surface area contributed by atoms with Crippen molar-refractivity contribution in [3.8, 4) is 5.75 Å². The monoisotopic (exact) mass is 450 g/mol.